The van der Waals surface area contributed by atoms with Crippen molar-refractivity contribution in [2.24, 2.45) is 11.5 Å². The second-order valence-electron chi connectivity index (χ2n) is 2.25. The fraction of sp³-hybridized carbons (Fsp3) is 0.500. The summed E-state index contributed by atoms with van der Waals surface area (Å²) >= 11 is 0. The van der Waals surface area contributed by atoms with E-state index in [9.17, 15) is 0 Å². The molecule has 4 heteroatoms. The van der Waals surface area contributed by atoms with E-state index in [-0.39, 0.29) is 6.17 Å². The molecule has 10 heavy (non-hydrogen) atoms. The summed E-state index contributed by atoms with van der Waals surface area (Å²) in [5.74, 6) is 0. The second kappa shape index (κ2) is 3.34. The number of imidazole rings is 1. The summed E-state index contributed by atoms with van der Waals surface area (Å²) < 4.78 is 1.95. The Bertz CT molecular complexity index is 168. The molecule has 1 rings (SSSR count). The first-order valence-electron chi connectivity index (χ1n) is 3.26. The average Bonchev–Trinajstić information content (AvgIpc) is 2.34. The van der Waals surface area contributed by atoms with E-state index in [1.807, 2.05) is 10.8 Å². The molecule has 0 atom stereocenters. The third kappa shape index (κ3) is 2.16. The van der Waals surface area contributed by atoms with Crippen molar-refractivity contribution >= 4 is 0 Å². The number of hydrogen-bond acceptors (Lipinski definition) is 3. The molecule has 1 aromatic rings. The molecule has 4 N–H and O–H groups in total. The molecule has 0 unspecified atom stereocenters. The summed E-state index contributed by atoms with van der Waals surface area (Å²) in [6, 6.07) is 0. The maximum absolute atomic E-state index is 5.35. The van der Waals surface area contributed by atoms with Crippen LogP contribution in [0.15, 0.2) is 18.7 Å². The van der Waals surface area contributed by atoms with Crippen LogP contribution in [-0.2, 0) is 6.54 Å². The van der Waals surface area contributed by atoms with Crippen molar-refractivity contribution in [1.29, 1.82) is 0 Å². The number of nitrogens with two attached hydrogens (primary N) is 2. The Morgan fingerprint density at radius 1 is 1.50 bits per heavy atom. The molecular weight excluding hydrogens is 128 g/mol. The topological polar surface area (TPSA) is 69.9 Å². The maximum atomic E-state index is 5.35. The van der Waals surface area contributed by atoms with Crippen LogP contribution in [0.1, 0.15) is 6.42 Å². The monoisotopic (exact) mass is 140 g/mol. The largest absolute Gasteiger partial charge is 0.337 e. The van der Waals surface area contributed by atoms with E-state index >= 15 is 0 Å². The zero-order valence-electron chi connectivity index (χ0n) is 5.77. The molecule has 0 bridgehead atoms. The van der Waals surface area contributed by atoms with Crippen LogP contribution < -0.4 is 11.5 Å². The van der Waals surface area contributed by atoms with E-state index in [4.69, 9.17) is 11.5 Å². The molecule has 4 nitrogen and oxygen atoms in total. The summed E-state index contributed by atoms with van der Waals surface area (Å²) in [7, 11) is 0. The minimum Gasteiger partial charge on any atom is -0.337 e. The summed E-state index contributed by atoms with van der Waals surface area (Å²) in [6.45, 7) is 0.845. The van der Waals surface area contributed by atoms with Gasteiger partial charge in [-0.3, -0.25) is 0 Å². The summed E-state index contributed by atoms with van der Waals surface area (Å²) in [5.41, 5.74) is 10.7. The lowest BCUT2D eigenvalue weighted by Gasteiger charge is -2.04. The van der Waals surface area contributed by atoms with Crippen LogP contribution >= 0.6 is 0 Å². The predicted molar refractivity (Wildman–Crippen MR) is 39.0 cm³/mol. The minimum absolute atomic E-state index is 0.220. The number of nitrogens with zero attached hydrogens (tertiary/aromatic N) is 2. The Morgan fingerprint density at radius 2 is 2.30 bits per heavy atom. The maximum Gasteiger partial charge on any atom is 0.0945 e. The zero-order valence-corrected chi connectivity index (χ0v) is 5.77. The molecule has 0 aliphatic carbocycles. The van der Waals surface area contributed by atoms with E-state index in [2.05, 4.69) is 4.98 Å². The Morgan fingerprint density at radius 3 is 2.80 bits per heavy atom. The van der Waals surface area contributed by atoms with Gasteiger partial charge >= 0.3 is 0 Å². The molecule has 0 aromatic carbocycles. The van der Waals surface area contributed by atoms with Gasteiger partial charge in [0.1, 0.15) is 0 Å². The normalized spacial score (nSPS) is 10.7. The molecule has 1 heterocycles. The fourth-order valence-electron chi connectivity index (χ4n) is 0.717. The zero-order chi connectivity index (χ0) is 7.40. The van der Waals surface area contributed by atoms with Gasteiger partial charge in [-0.25, -0.2) is 4.98 Å². The Balaban J connectivity index is 2.28. The SMILES string of the molecule is NC(N)CCn1ccnc1. The highest BCUT2D eigenvalue weighted by Crippen LogP contribution is 1.89. The van der Waals surface area contributed by atoms with Crippen molar-refractivity contribution in [3.63, 3.8) is 0 Å². The van der Waals surface area contributed by atoms with Crippen LogP contribution in [0.5, 0.6) is 0 Å². The Kier molecular flexibility index (Phi) is 2.42. The van der Waals surface area contributed by atoms with Gasteiger partial charge in [0, 0.05) is 18.9 Å². The van der Waals surface area contributed by atoms with E-state index in [0.29, 0.717) is 0 Å². The van der Waals surface area contributed by atoms with E-state index in [0.717, 1.165) is 13.0 Å². The molecule has 0 spiro atoms. The minimum atomic E-state index is -0.220. The van der Waals surface area contributed by atoms with Gasteiger partial charge < -0.3 is 16.0 Å². The molecule has 0 radical (unpaired) electrons. The number of rotatable bonds is 3. The number of hydrogen-bond donors (Lipinski definition) is 2. The first-order chi connectivity index (χ1) is 4.79. The van der Waals surface area contributed by atoms with Gasteiger partial charge in [0.05, 0.1) is 12.5 Å². The lowest BCUT2D eigenvalue weighted by molar-refractivity contribution is 0.555. The van der Waals surface area contributed by atoms with Gasteiger partial charge in [-0.1, -0.05) is 0 Å². The molecule has 0 saturated heterocycles. The third-order valence-corrected chi connectivity index (χ3v) is 1.28. The van der Waals surface area contributed by atoms with Crippen molar-refractivity contribution in [1.82, 2.24) is 9.55 Å². The van der Waals surface area contributed by atoms with Crippen LogP contribution in [0.4, 0.5) is 0 Å². The van der Waals surface area contributed by atoms with Crippen LogP contribution in [0.25, 0.3) is 0 Å². The highest BCUT2D eigenvalue weighted by molar-refractivity contribution is 4.74. The van der Waals surface area contributed by atoms with E-state index < -0.39 is 0 Å². The first-order valence-corrected chi connectivity index (χ1v) is 3.26. The summed E-state index contributed by atoms with van der Waals surface area (Å²) in [5, 5.41) is 0. The molecule has 56 valence electrons. The predicted octanol–water partition coefficient (Wildman–Crippen LogP) is -0.483. The van der Waals surface area contributed by atoms with E-state index in [1.165, 1.54) is 0 Å². The molecule has 0 amide bonds. The van der Waals surface area contributed by atoms with Crippen LogP contribution in [0.3, 0.4) is 0 Å². The van der Waals surface area contributed by atoms with Crippen molar-refractivity contribution < 1.29 is 0 Å². The van der Waals surface area contributed by atoms with Crippen LogP contribution in [0.2, 0.25) is 0 Å². The van der Waals surface area contributed by atoms with Gasteiger partial charge in [0.15, 0.2) is 0 Å². The molecular formula is C6H12N4. The molecule has 0 fully saturated rings. The Labute approximate surface area is 59.8 Å². The first kappa shape index (κ1) is 7.24. The van der Waals surface area contributed by atoms with Gasteiger partial charge in [0.2, 0.25) is 0 Å². The standard InChI is InChI=1S/C6H12N4/c7-6(8)1-3-10-4-2-9-5-10/h2,4-6H,1,3,7-8H2. The second-order valence-corrected chi connectivity index (χ2v) is 2.25. The summed E-state index contributed by atoms with van der Waals surface area (Å²) in [6.07, 6.45) is 5.95. The fourth-order valence-corrected chi connectivity index (χ4v) is 0.717. The van der Waals surface area contributed by atoms with E-state index in [1.54, 1.807) is 12.5 Å². The molecule has 1 aromatic heterocycles. The van der Waals surface area contributed by atoms with Crippen molar-refractivity contribution in [3.05, 3.63) is 18.7 Å². The van der Waals surface area contributed by atoms with Crippen molar-refractivity contribution in [2.45, 2.75) is 19.1 Å². The highest BCUT2D eigenvalue weighted by Gasteiger charge is 1.93. The average molecular weight is 140 g/mol. The molecule has 0 aliphatic rings. The lowest BCUT2D eigenvalue weighted by atomic mass is 10.3. The summed E-state index contributed by atoms with van der Waals surface area (Å²) in [4.78, 5) is 3.88. The van der Waals surface area contributed by atoms with Crippen molar-refractivity contribution in [2.75, 3.05) is 0 Å². The van der Waals surface area contributed by atoms with Crippen molar-refractivity contribution in [3.8, 4) is 0 Å². The third-order valence-electron chi connectivity index (χ3n) is 1.28. The van der Waals surface area contributed by atoms with Gasteiger partial charge in [-0.05, 0) is 6.42 Å². The molecule has 0 saturated carbocycles. The highest BCUT2D eigenvalue weighted by atomic mass is 15.0. The van der Waals surface area contributed by atoms with Gasteiger partial charge in [0.25, 0.3) is 0 Å². The smallest absolute Gasteiger partial charge is 0.0945 e. The number of aryl methyl sites for hydroxylation is 1. The van der Waals surface area contributed by atoms with Gasteiger partial charge in [-0.2, -0.15) is 0 Å². The van der Waals surface area contributed by atoms with Crippen LogP contribution in [0, 0.1) is 0 Å². The lowest BCUT2D eigenvalue weighted by Crippen LogP contribution is -2.31. The quantitative estimate of drug-likeness (QED) is 0.557. The van der Waals surface area contributed by atoms with Crippen LogP contribution in [-0.4, -0.2) is 15.7 Å². The van der Waals surface area contributed by atoms with Gasteiger partial charge in [-0.15, -0.1) is 0 Å². The number of aromatic nitrogens is 2. The molecule has 0 aliphatic heterocycles. The Hall–Kier alpha value is -0.870.